The smallest absolute Gasteiger partial charge is 0.212 e. The van der Waals surface area contributed by atoms with Gasteiger partial charge in [-0.25, -0.2) is 9.50 Å². The van der Waals surface area contributed by atoms with E-state index < -0.39 is 0 Å². The minimum Gasteiger partial charge on any atom is -0.325 e. The maximum atomic E-state index is 5.67. The van der Waals surface area contributed by atoms with Crippen LogP contribution in [-0.4, -0.2) is 14.6 Å². The highest BCUT2D eigenvalue weighted by molar-refractivity contribution is 7.15. The monoisotopic (exact) mass is 236 g/mol. The summed E-state index contributed by atoms with van der Waals surface area (Å²) in [6.45, 7) is 0.535. The molecule has 2 heterocycles. The van der Waals surface area contributed by atoms with Crippen LogP contribution in [0.25, 0.3) is 4.96 Å². The molecule has 0 amide bonds. The van der Waals surface area contributed by atoms with Crippen LogP contribution in [0, 0.1) is 0 Å². The lowest BCUT2D eigenvalue weighted by molar-refractivity contribution is 0.428. The number of rotatable bonds is 2. The fraction of sp³-hybridized carbons (Fsp3) is 0.636. The summed E-state index contributed by atoms with van der Waals surface area (Å²) in [7, 11) is 0. The van der Waals surface area contributed by atoms with Crippen LogP contribution in [0.15, 0.2) is 5.38 Å². The molecule has 1 fully saturated rings. The van der Waals surface area contributed by atoms with Crippen molar-refractivity contribution in [3.8, 4) is 0 Å². The number of thiazole rings is 1. The predicted molar refractivity (Wildman–Crippen MR) is 64.6 cm³/mol. The van der Waals surface area contributed by atoms with Gasteiger partial charge in [0.1, 0.15) is 0 Å². The van der Waals surface area contributed by atoms with Crippen molar-refractivity contribution in [1.82, 2.24) is 14.6 Å². The third-order valence-corrected chi connectivity index (χ3v) is 4.21. The lowest BCUT2D eigenvalue weighted by Crippen LogP contribution is -2.07. The highest BCUT2D eigenvalue weighted by Crippen LogP contribution is 2.31. The summed E-state index contributed by atoms with van der Waals surface area (Å²) in [5.74, 6) is 1.60. The Bertz CT molecular complexity index is 481. The maximum absolute atomic E-state index is 5.67. The van der Waals surface area contributed by atoms with Gasteiger partial charge < -0.3 is 5.73 Å². The van der Waals surface area contributed by atoms with Crippen molar-refractivity contribution in [2.75, 3.05) is 0 Å². The number of hydrogen-bond donors (Lipinski definition) is 1. The van der Waals surface area contributed by atoms with E-state index in [1.165, 1.54) is 32.1 Å². The van der Waals surface area contributed by atoms with E-state index in [4.69, 9.17) is 5.73 Å². The van der Waals surface area contributed by atoms with Crippen LogP contribution in [0.2, 0.25) is 0 Å². The van der Waals surface area contributed by atoms with Crippen LogP contribution in [0.4, 0.5) is 0 Å². The van der Waals surface area contributed by atoms with E-state index in [9.17, 15) is 0 Å². The number of aromatic nitrogens is 3. The summed E-state index contributed by atoms with van der Waals surface area (Å²) in [4.78, 5) is 5.61. The van der Waals surface area contributed by atoms with Gasteiger partial charge in [0, 0.05) is 17.8 Å². The molecule has 5 heteroatoms. The summed E-state index contributed by atoms with van der Waals surface area (Å²) in [5.41, 5.74) is 6.73. The van der Waals surface area contributed by atoms with E-state index in [1.807, 2.05) is 9.90 Å². The molecule has 86 valence electrons. The van der Waals surface area contributed by atoms with Crippen LogP contribution >= 0.6 is 11.3 Å². The highest BCUT2D eigenvalue weighted by atomic mass is 32.1. The van der Waals surface area contributed by atoms with Crippen molar-refractivity contribution in [3.05, 3.63) is 16.9 Å². The van der Waals surface area contributed by atoms with Crippen molar-refractivity contribution in [2.24, 2.45) is 5.73 Å². The zero-order chi connectivity index (χ0) is 11.0. The second-order valence-electron chi connectivity index (χ2n) is 4.43. The first-order valence-corrected chi connectivity index (χ1v) is 6.79. The Hall–Kier alpha value is -0.940. The minimum atomic E-state index is 0.535. The Balaban J connectivity index is 1.94. The molecule has 16 heavy (non-hydrogen) atoms. The highest BCUT2D eigenvalue weighted by Gasteiger charge is 2.20. The molecule has 4 nitrogen and oxygen atoms in total. The van der Waals surface area contributed by atoms with Crippen LogP contribution < -0.4 is 5.73 Å². The van der Waals surface area contributed by atoms with Crippen molar-refractivity contribution in [1.29, 1.82) is 0 Å². The molecule has 0 saturated heterocycles. The molecular weight excluding hydrogens is 220 g/mol. The zero-order valence-corrected chi connectivity index (χ0v) is 10.0. The first-order valence-electron chi connectivity index (χ1n) is 5.91. The molecule has 0 unspecified atom stereocenters. The molecule has 1 aliphatic carbocycles. The van der Waals surface area contributed by atoms with Crippen molar-refractivity contribution >= 4 is 16.3 Å². The molecule has 0 aliphatic heterocycles. The fourth-order valence-electron chi connectivity index (χ4n) is 2.42. The van der Waals surface area contributed by atoms with E-state index in [0.717, 1.165) is 16.5 Å². The third-order valence-electron chi connectivity index (χ3n) is 3.35. The van der Waals surface area contributed by atoms with Crippen LogP contribution in [-0.2, 0) is 6.54 Å². The summed E-state index contributed by atoms with van der Waals surface area (Å²) in [6, 6.07) is 0. The van der Waals surface area contributed by atoms with Gasteiger partial charge in [0.15, 0.2) is 5.82 Å². The molecule has 1 saturated carbocycles. The van der Waals surface area contributed by atoms with E-state index in [0.29, 0.717) is 12.5 Å². The third kappa shape index (κ3) is 1.64. The minimum absolute atomic E-state index is 0.535. The molecule has 0 bridgehead atoms. The normalized spacial score (nSPS) is 18.3. The Kier molecular flexibility index (Phi) is 2.65. The van der Waals surface area contributed by atoms with Crippen molar-refractivity contribution < 1.29 is 0 Å². The molecule has 2 aromatic rings. The second-order valence-corrected chi connectivity index (χ2v) is 5.27. The molecule has 1 aliphatic rings. The quantitative estimate of drug-likeness (QED) is 0.870. The van der Waals surface area contributed by atoms with Crippen molar-refractivity contribution in [3.63, 3.8) is 0 Å². The summed E-state index contributed by atoms with van der Waals surface area (Å²) in [6.07, 6.45) is 6.50. The number of hydrogen-bond acceptors (Lipinski definition) is 4. The predicted octanol–water partition coefficient (Wildman–Crippen LogP) is 2.30. The van der Waals surface area contributed by atoms with E-state index in [2.05, 4.69) is 10.1 Å². The van der Waals surface area contributed by atoms with Gasteiger partial charge in [-0.1, -0.05) is 19.3 Å². The molecule has 2 N–H and O–H groups in total. The summed E-state index contributed by atoms with van der Waals surface area (Å²) < 4.78 is 1.91. The Morgan fingerprint density at radius 3 is 2.94 bits per heavy atom. The van der Waals surface area contributed by atoms with Gasteiger partial charge in [-0.2, -0.15) is 0 Å². The van der Waals surface area contributed by atoms with E-state index >= 15 is 0 Å². The van der Waals surface area contributed by atoms with Crippen LogP contribution in [0.5, 0.6) is 0 Å². The average molecular weight is 236 g/mol. The topological polar surface area (TPSA) is 56.2 Å². The van der Waals surface area contributed by atoms with Gasteiger partial charge in [-0.15, -0.1) is 16.4 Å². The Labute approximate surface area is 98.5 Å². The SMILES string of the molecule is NCc1csc2nc(C3CCCCC3)nn12. The number of fused-ring (bicyclic) bond motifs is 1. The Morgan fingerprint density at radius 2 is 2.19 bits per heavy atom. The number of nitrogens with zero attached hydrogens (tertiary/aromatic N) is 3. The van der Waals surface area contributed by atoms with E-state index in [-0.39, 0.29) is 0 Å². The maximum Gasteiger partial charge on any atom is 0.212 e. The molecule has 0 spiro atoms. The standard InChI is InChI=1S/C11H16N4S/c12-6-9-7-16-11-13-10(14-15(9)11)8-4-2-1-3-5-8/h7-8H,1-6,12H2. The van der Waals surface area contributed by atoms with Gasteiger partial charge in [0.2, 0.25) is 4.96 Å². The van der Waals surface area contributed by atoms with Gasteiger partial charge in [0.25, 0.3) is 0 Å². The molecular formula is C11H16N4S. The molecule has 0 aromatic carbocycles. The molecule has 3 rings (SSSR count). The molecule has 0 atom stereocenters. The van der Waals surface area contributed by atoms with Crippen LogP contribution in [0.3, 0.4) is 0 Å². The first kappa shape index (κ1) is 10.2. The largest absolute Gasteiger partial charge is 0.325 e. The molecule has 2 aromatic heterocycles. The zero-order valence-electron chi connectivity index (χ0n) is 9.22. The Morgan fingerprint density at radius 1 is 1.38 bits per heavy atom. The van der Waals surface area contributed by atoms with E-state index in [1.54, 1.807) is 11.3 Å². The lowest BCUT2D eigenvalue weighted by Gasteiger charge is -2.18. The van der Waals surface area contributed by atoms with Gasteiger partial charge in [-0.3, -0.25) is 0 Å². The summed E-state index contributed by atoms with van der Waals surface area (Å²) in [5, 5.41) is 6.64. The fourth-order valence-corrected chi connectivity index (χ4v) is 3.26. The van der Waals surface area contributed by atoms with Crippen LogP contribution in [0.1, 0.15) is 49.5 Å². The average Bonchev–Trinajstić information content (AvgIpc) is 2.89. The summed E-state index contributed by atoms with van der Waals surface area (Å²) >= 11 is 1.63. The number of nitrogens with two attached hydrogens (primary N) is 1. The van der Waals surface area contributed by atoms with Gasteiger partial charge in [-0.05, 0) is 12.8 Å². The lowest BCUT2D eigenvalue weighted by atomic mass is 9.89. The second kappa shape index (κ2) is 4.14. The van der Waals surface area contributed by atoms with Gasteiger partial charge in [0.05, 0.1) is 5.69 Å². The van der Waals surface area contributed by atoms with Crippen molar-refractivity contribution in [2.45, 2.75) is 44.6 Å². The first-order chi connectivity index (χ1) is 7.88. The van der Waals surface area contributed by atoms with Gasteiger partial charge >= 0.3 is 0 Å². The molecule has 0 radical (unpaired) electrons.